The highest BCUT2D eigenvalue weighted by Gasteiger charge is 2.14. The molecule has 0 aliphatic heterocycles. The number of ether oxygens (including phenoxy) is 2. The minimum atomic E-state index is -0.335. The van der Waals surface area contributed by atoms with Gasteiger partial charge >= 0.3 is 0 Å². The van der Waals surface area contributed by atoms with Gasteiger partial charge in [-0.25, -0.2) is 0 Å². The van der Waals surface area contributed by atoms with Crippen LogP contribution in [0.5, 0.6) is 17.2 Å². The number of aliphatic hydroxyl groups excluding tert-OH is 1. The normalized spacial score (nSPS) is 10.4. The number of rotatable bonds is 7. The highest BCUT2D eigenvalue weighted by Crippen LogP contribution is 2.37. The van der Waals surface area contributed by atoms with Gasteiger partial charge in [0.25, 0.3) is 0 Å². The molecule has 0 saturated carbocycles. The van der Waals surface area contributed by atoms with Crippen molar-refractivity contribution in [1.82, 2.24) is 0 Å². The van der Waals surface area contributed by atoms with E-state index in [1.54, 1.807) is 12.1 Å². The summed E-state index contributed by atoms with van der Waals surface area (Å²) >= 11 is 0. The minimum absolute atomic E-state index is 0.0935. The van der Waals surface area contributed by atoms with Gasteiger partial charge in [0.15, 0.2) is 11.5 Å². The Morgan fingerprint density at radius 3 is 1.64 bits per heavy atom. The Labute approximate surface area is 146 Å². The molecule has 128 valence electrons. The fraction of sp³-hybridized carbons (Fsp3) is 0.143. The first-order chi connectivity index (χ1) is 12.3. The van der Waals surface area contributed by atoms with Crippen LogP contribution in [0.1, 0.15) is 16.7 Å². The zero-order chi connectivity index (χ0) is 17.5. The predicted octanol–water partition coefficient (Wildman–Crippen LogP) is 4.04. The van der Waals surface area contributed by atoms with Gasteiger partial charge in [0.2, 0.25) is 0 Å². The minimum Gasteiger partial charge on any atom is -0.504 e. The molecule has 0 radical (unpaired) electrons. The molecule has 0 atom stereocenters. The molecule has 0 amide bonds. The molecule has 0 aliphatic rings. The number of aromatic hydroxyl groups is 1. The number of benzene rings is 3. The summed E-state index contributed by atoms with van der Waals surface area (Å²) in [7, 11) is 0. The lowest BCUT2D eigenvalue weighted by molar-refractivity contribution is 0.244. The molecule has 3 aromatic carbocycles. The van der Waals surface area contributed by atoms with Crippen molar-refractivity contribution in [3.8, 4) is 17.2 Å². The molecule has 2 N–H and O–H groups in total. The standard InChI is InChI=1S/C21H20O4/c22-13-18-19(24-14-16-7-3-1-4-8-16)11-12-20(21(18)23)25-15-17-9-5-2-6-10-17/h1-12,22-23H,13-15H2. The lowest BCUT2D eigenvalue weighted by Gasteiger charge is -2.15. The fourth-order valence-electron chi connectivity index (χ4n) is 2.47. The van der Waals surface area contributed by atoms with E-state index in [0.717, 1.165) is 11.1 Å². The Hall–Kier alpha value is -2.98. The van der Waals surface area contributed by atoms with E-state index in [9.17, 15) is 10.2 Å². The zero-order valence-electron chi connectivity index (χ0n) is 13.8. The van der Waals surface area contributed by atoms with Crippen LogP contribution in [0, 0.1) is 0 Å². The van der Waals surface area contributed by atoms with Gasteiger partial charge in [-0.15, -0.1) is 0 Å². The first-order valence-electron chi connectivity index (χ1n) is 8.07. The summed E-state index contributed by atoms with van der Waals surface area (Å²) in [5.41, 5.74) is 2.33. The van der Waals surface area contributed by atoms with Crippen LogP contribution in [0.3, 0.4) is 0 Å². The van der Waals surface area contributed by atoms with Gasteiger partial charge < -0.3 is 19.7 Å². The molecule has 0 saturated heterocycles. The van der Waals surface area contributed by atoms with E-state index in [1.165, 1.54) is 0 Å². The van der Waals surface area contributed by atoms with Crippen molar-refractivity contribution in [2.45, 2.75) is 19.8 Å². The maximum atomic E-state index is 10.4. The third-order valence-electron chi connectivity index (χ3n) is 3.84. The van der Waals surface area contributed by atoms with Gasteiger partial charge in [0, 0.05) is 0 Å². The predicted molar refractivity (Wildman–Crippen MR) is 95.6 cm³/mol. The van der Waals surface area contributed by atoms with Gasteiger partial charge in [-0.3, -0.25) is 0 Å². The smallest absolute Gasteiger partial charge is 0.167 e. The van der Waals surface area contributed by atoms with E-state index in [-0.39, 0.29) is 12.4 Å². The molecule has 25 heavy (non-hydrogen) atoms. The second-order valence-electron chi connectivity index (χ2n) is 5.60. The molecule has 0 aliphatic carbocycles. The summed E-state index contributed by atoms with van der Waals surface area (Å²) < 4.78 is 11.4. The Morgan fingerprint density at radius 1 is 0.640 bits per heavy atom. The van der Waals surface area contributed by atoms with Crippen molar-refractivity contribution in [3.63, 3.8) is 0 Å². The Bertz CT molecular complexity index is 801. The second kappa shape index (κ2) is 8.22. The molecule has 0 unspecified atom stereocenters. The monoisotopic (exact) mass is 336 g/mol. The van der Waals surface area contributed by atoms with E-state index in [1.807, 2.05) is 60.7 Å². The molecule has 0 bridgehead atoms. The van der Waals surface area contributed by atoms with E-state index in [2.05, 4.69) is 0 Å². The van der Waals surface area contributed by atoms with Crippen molar-refractivity contribution < 1.29 is 19.7 Å². The van der Waals surface area contributed by atoms with Crippen molar-refractivity contribution in [2.75, 3.05) is 0 Å². The van der Waals surface area contributed by atoms with Crippen molar-refractivity contribution >= 4 is 0 Å². The highest BCUT2D eigenvalue weighted by molar-refractivity contribution is 5.52. The van der Waals surface area contributed by atoms with Crippen LogP contribution in [0.2, 0.25) is 0 Å². The van der Waals surface area contributed by atoms with Crippen LogP contribution < -0.4 is 9.47 Å². The van der Waals surface area contributed by atoms with E-state index in [0.29, 0.717) is 30.3 Å². The van der Waals surface area contributed by atoms with Crippen LogP contribution in [0.25, 0.3) is 0 Å². The third kappa shape index (κ3) is 4.31. The maximum absolute atomic E-state index is 10.4. The van der Waals surface area contributed by atoms with Crippen molar-refractivity contribution in [2.24, 2.45) is 0 Å². The van der Waals surface area contributed by atoms with Gasteiger partial charge in [-0.05, 0) is 23.3 Å². The van der Waals surface area contributed by atoms with Crippen LogP contribution >= 0.6 is 0 Å². The first-order valence-corrected chi connectivity index (χ1v) is 8.07. The largest absolute Gasteiger partial charge is 0.504 e. The van der Waals surface area contributed by atoms with Gasteiger partial charge in [0.05, 0.1) is 12.2 Å². The Morgan fingerprint density at radius 2 is 1.12 bits per heavy atom. The molecule has 0 fully saturated rings. The molecular weight excluding hydrogens is 316 g/mol. The van der Waals surface area contributed by atoms with Crippen LogP contribution in [-0.2, 0) is 19.8 Å². The second-order valence-corrected chi connectivity index (χ2v) is 5.60. The van der Waals surface area contributed by atoms with E-state index < -0.39 is 0 Å². The number of hydrogen-bond acceptors (Lipinski definition) is 4. The average molecular weight is 336 g/mol. The van der Waals surface area contributed by atoms with Gasteiger partial charge in [-0.2, -0.15) is 0 Å². The number of phenols is 1. The molecule has 0 aromatic heterocycles. The molecule has 3 aromatic rings. The Kier molecular flexibility index (Phi) is 5.54. The average Bonchev–Trinajstić information content (AvgIpc) is 2.67. The maximum Gasteiger partial charge on any atom is 0.167 e. The van der Waals surface area contributed by atoms with Crippen molar-refractivity contribution in [1.29, 1.82) is 0 Å². The van der Waals surface area contributed by atoms with E-state index >= 15 is 0 Å². The summed E-state index contributed by atoms with van der Waals surface area (Å²) in [6.45, 7) is 0.361. The number of hydrogen-bond donors (Lipinski definition) is 2. The topological polar surface area (TPSA) is 58.9 Å². The zero-order valence-corrected chi connectivity index (χ0v) is 13.8. The molecule has 0 heterocycles. The molecular formula is C21H20O4. The SMILES string of the molecule is OCc1c(OCc2ccccc2)ccc(OCc2ccccc2)c1O. The van der Waals surface area contributed by atoms with Crippen LogP contribution in [-0.4, -0.2) is 10.2 Å². The van der Waals surface area contributed by atoms with Crippen LogP contribution in [0.4, 0.5) is 0 Å². The quantitative estimate of drug-likeness (QED) is 0.683. The van der Waals surface area contributed by atoms with Crippen LogP contribution in [0.15, 0.2) is 72.8 Å². The van der Waals surface area contributed by atoms with Crippen molar-refractivity contribution in [3.05, 3.63) is 89.5 Å². The van der Waals surface area contributed by atoms with E-state index in [4.69, 9.17) is 9.47 Å². The molecule has 4 heteroatoms. The summed E-state index contributed by atoms with van der Waals surface area (Å²) in [6.07, 6.45) is 0. The first kappa shape index (κ1) is 16.9. The Balaban J connectivity index is 1.72. The fourth-order valence-corrected chi connectivity index (χ4v) is 2.47. The summed E-state index contributed by atoms with van der Waals surface area (Å²) in [5, 5.41) is 20.0. The van der Waals surface area contributed by atoms with Gasteiger partial charge in [-0.1, -0.05) is 60.7 Å². The third-order valence-corrected chi connectivity index (χ3v) is 3.84. The summed E-state index contributed by atoms with van der Waals surface area (Å²) in [6, 6.07) is 22.8. The molecule has 3 rings (SSSR count). The summed E-state index contributed by atoms with van der Waals surface area (Å²) in [5.74, 6) is 0.667. The molecule has 0 spiro atoms. The lowest BCUT2D eigenvalue weighted by atomic mass is 10.1. The van der Waals surface area contributed by atoms with Gasteiger partial charge in [0.1, 0.15) is 19.0 Å². The lowest BCUT2D eigenvalue weighted by Crippen LogP contribution is -2.01. The molecule has 4 nitrogen and oxygen atoms in total. The highest BCUT2D eigenvalue weighted by atomic mass is 16.5. The summed E-state index contributed by atoms with van der Waals surface area (Å²) in [4.78, 5) is 0. The number of aliphatic hydroxyl groups is 1.